The van der Waals surface area contributed by atoms with E-state index in [1.54, 1.807) is 31.0 Å². The van der Waals surface area contributed by atoms with Crippen LogP contribution in [-0.4, -0.2) is 40.3 Å². The molecule has 0 saturated heterocycles. The molecule has 140 valence electrons. The molecule has 0 bridgehead atoms. The third-order valence-corrected chi connectivity index (χ3v) is 5.15. The number of aromatic amines is 1. The lowest BCUT2D eigenvalue weighted by atomic mass is 9.80. The van der Waals surface area contributed by atoms with Gasteiger partial charge in [-0.15, -0.1) is 0 Å². The second kappa shape index (κ2) is 6.19. The smallest absolute Gasteiger partial charge is 0.261 e. The fraction of sp³-hybridized carbons (Fsp3) is 0.278. The van der Waals surface area contributed by atoms with Crippen LogP contribution in [0.4, 0.5) is 5.82 Å². The van der Waals surface area contributed by atoms with Crippen LogP contribution in [0.5, 0.6) is 0 Å². The molecular formula is C18H17N9O. The van der Waals surface area contributed by atoms with E-state index >= 15 is 0 Å². The van der Waals surface area contributed by atoms with Gasteiger partial charge in [0.2, 0.25) is 0 Å². The summed E-state index contributed by atoms with van der Waals surface area (Å²) in [5, 5.41) is 10.9. The van der Waals surface area contributed by atoms with Crippen LogP contribution in [-0.2, 0) is 5.41 Å². The Labute approximate surface area is 159 Å². The van der Waals surface area contributed by atoms with Crippen LogP contribution in [0.2, 0.25) is 0 Å². The van der Waals surface area contributed by atoms with Crippen molar-refractivity contribution in [2.24, 2.45) is 5.92 Å². The van der Waals surface area contributed by atoms with Crippen molar-refractivity contribution in [1.29, 1.82) is 0 Å². The van der Waals surface area contributed by atoms with Crippen molar-refractivity contribution in [2.75, 3.05) is 5.73 Å². The first-order valence-electron chi connectivity index (χ1n) is 8.88. The van der Waals surface area contributed by atoms with Gasteiger partial charge in [-0.05, 0) is 25.7 Å². The van der Waals surface area contributed by atoms with Crippen molar-refractivity contribution in [3.05, 3.63) is 48.7 Å². The SMILES string of the molecule is CC(c1cnc(-c2cnc(N)cn2)cn1)(c1noc(-c2cn[nH]c2)n1)C1CC1. The van der Waals surface area contributed by atoms with Gasteiger partial charge in [-0.1, -0.05) is 5.16 Å². The predicted octanol–water partition coefficient (Wildman–Crippen LogP) is 2.00. The highest BCUT2D eigenvalue weighted by Crippen LogP contribution is 2.49. The van der Waals surface area contributed by atoms with Crippen LogP contribution >= 0.6 is 0 Å². The number of rotatable bonds is 5. The third kappa shape index (κ3) is 2.70. The molecule has 0 radical (unpaired) electrons. The number of aromatic nitrogens is 8. The molecule has 5 rings (SSSR count). The van der Waals surface area contributed by atoms with E-state index in [-0.39, 0.29) is 0 Å². The highest BCUT2D eigenvalue weighted by molar-refractivity contribution is 5.53. The van der Waals surface area contributed by atoms with E-state index in [2.05, 4.69) is 47.2 Å². The Balaban J connectivity index is 1.50. The highest BCUT2D eigenvalue weighted by Gasteiger charge is 2.48. The van der Waals surface area contributed by atoms with Crippen molar-refractivity contribution in [3.63, 3.8) is 0 Å². The van der Waals surface area contributed by atoms with Crippen molar-refractivity contribution < 1.29 is 4.52 Å². The minimum atomic E-state index is -0.482. The average molecular weight is 375 g/mol. The maximum absolute atomic E-state index is 5.59. The normalized spacial score (nSPS) is 16.0. The van der Waals surface area contributed by atoms with E-state index < -0.39 is 5.41 Å². The Hall–Kier alpha value is -3.69. The quantitative estimate of drug-likeness (QED) is 0.534. The molecule has 1 fully saturated rings. The van der Waals surface area contributed by atoms with E-state index in [0.717, 1.165) is 24.1 Å². The molecule has 4 aromatic heterocycles. The summed E-state index contributed by atoms with van der Waals surface area (Å²) in [6, 6.07) is 0. The summed E-state index contributed by atoms with van der Waals surface area (Å²) in [5.74, 6) is 1.77. The second-order valence-corrected chi connectivity index (χ2v) is 7.00. The molecule has 1 saturated carbocycles. The Kier molecular flexibility index (Phi) is 3.64. The van der Waals surface area contributed by atoms with E-state index in [1.165, 1.54) is 6.20 Å². The van der Waals surface area contributed by atoms with Crippen LogP contribution in [0.1, 0.15) is 31.3 Å². The Bertz CT molecular complexity index is 1090. The summed E-state index contributed by atoms with van der Waals surface area (Å²) in [6.07, 6.45) is 12.0. The highest BCUT2D eigenvalue weighted by atomic mass is 16.5. The zero-order chi connectivity index (χ0) is 19.1. The van der Waals surface area contributed by atoms with Crippen LogP contribution in [0.15, 0.2) is 41.7 Å². The molecule has 28 heavy (non-hydrogen) atoms. The third-order valence-electron chi connectivity index (χ3n) is 5.15. The van der Waals surface area contributed by atoms with E-state index in [9.17, 15) is 0 Å². The van der Waals surface area contributed by atoms with Gasteiger partial charge in [-0.25, -0.2) is 9.97 Å². The molecule has 0 amide bonds. The fourth-order valence-electron chi connectivity index (χ4n) is 3.29. The Morgan fingerprint density at radius 3 is 2.43 bits per heavy atom. The molecule has 0 aliphatic heterocycles. The summed E-state index contributed by atoms with van der Waals surface area (Å²) in [5.41, 5.74) is 7.89. The summed E-state index contributed by atoms with van der Waals surface area (Å²) >= 11 is 0. The molecule has 10 heteroatoms. The number of nitrogen functional groups attached to an aromatic ring is 1. The number of H-pyrrole nitrogens is 1. The lowest BCUT2D eigenvalue weighted by molar-refractivity contribution is 0.382. The maximum Gasteiger partial charge on any atom is 0.261 e. The Morgan fingerprint density at radius 1 is 1.04 bits per heavy atom. The van der Waals surface area contributed by atoms with Crippen molar-refractivity contribution >= 4 is 5.82 Å². The molecule has 1 atom stereocenters. The molecule has 1 aliphatic rings. The van der Waals surface area contributed by atoms with Gasteiger partial charge in [0, 0.05) is 6.20 Å². The van der Waals surface area contributed by atoms with Gasteiger partial charge in [-0.2, -0.15) is 10.1 Å². The van der Waals surface area contributed by atoms with Gasteiger partial charge in [0.1, 0.15) is 17.2 Å². The first kappa shape index (κ1) is 16.5. The second-order valence-electron chi connectivity index (χ2n) is 7.00. The van der Waals surface area contributed by atoms with Gasteiger partial charge in [-0.3, -0.25) is 15.1 Å². The van der Waals surface area contributed by atoms with E-state index in [4.69, 9.17) is 10.3 Å². The summed E-state index contributed by atoms with van der Waals surface area (Å²) < 4.78 is 5.46. The lowest BCUT2D eigenvalue weighted by Gasteiger charge is -2.25. The minimum Gasteiger partial charge on any atom is -0.382 e. The van der Waals surface area contributed by atoms with Crippen LogP contribution in [0, 0.1) is 5.92 Å². The van der Waals surface area contributed by atoms with Gasteiger partial charge in [0.25, 0.3) is 5.89 Å². The van der Waals surface area contributed by atoms with Gasteiger partial charge in [0.05, 0.1) is 47.7 Å². The van der Waals surface area contributed by atoms with Crippen LogP contribution < -0.4 is 5.73 Å². The first-order valence-corrected chi connectivity index (χ1v) is 8.88. The number of nitrogens with zero attached hydrogens (tertiary/aromatic N) is 7. The molecule has 4 aromatic rings. The van der Waals surface area contributed by atoms with Gasteiger partial charge >= 0.3 is 0 Å². The summed E-state index contributed by atoms with van der Waals surface area (Å²) in [4.78, 5) is 22.1. The van der Waals surface area contributed by atoms with Gasteiger partial charge < -0.3 is 10.3 Å². The number of nitrogens with two attached hydrogens (primary N) is 1. The Morgan fingerprint density at radius 2 is 1.82 bits per heavy atom. The molecular weight excluding hydrogens is 358 g/mol. The average Bonchev–Trinajstić information content (AvgIpc) is 3.23. The van der Waals surface area contributed by atoms with Gasteiger partial charge in [0.15, 0.2) is 5.82 Å². The summed E-state index contributed by atoms with van der Waals surface area (Å²) in [7, 11) is 0. The number of hydrogen-bond acceptors (Lipinski definition) is 9. The lowest BCUT2D eigenvalue weighted by Crippen LogP contribution is -2.29. The fourth-order valence-corrected chi connectivity index (χ4v) is 3.29. The predicted molar refractivity (Wildman–Crippen MR) is 98.5 cm³/mol. The largest absolute Gasteiger partial charge is 0.382 e. The van der Waals surface area contributed by atoms with Crippen molar-refractivity contribution in [3.8, 4) is 22.8 Å². The molecule has 0 aromatic carbocycles. The van der Waals surface area contributed by atoms with E-state index in [0.29, 0.717) is 34.8 Å². The molecule has 1 unspecified atom stereocenters. The maximum atomic E-state index is 5.59. The zero-order valence-electron chi connectivity index (χ0n) is 15.1. The topological polar surface area (TPSA) is 145 Å². The summed E-state index contributed by atoms with van der Waals surface area (Å²) in [6.45, 7) is 2.08. The monoisotopic (exact) mass is 375 g/mol. The van der Waals surface area contributed by atoms with Crippen LogP contribution in [0.25, 0.3) is 22.8 Å². The number of hydrogen-bond donors (Lipinski definition) is 2. The standard InChI is InChI=1S/C18H17N9O/c1-18(11-2-3-11,17-26-16(28-27-17)10-4-24-25-5-10)14-8-20-12(6-22-14)13-7-23-15(19)9-21-13/h4-9,11H,2-3H2,1H3,(H2,19,23)(H,24,25). The minimum absolute atomic E-state index is 0.361. The molecule has 10 nitrogen and oxygen atoms in total. The molecule has 4 heterocycles. The number of anilines is 1. The first-order chi connectivity index (χ1) is 13.6. The van der Waals surface area contributed by atoms with Crippen LogP contribution in [0.3, 0.4) is 0 Å². The van der Waals surface area contributed by atoms with Crippen molar-refractivity contribution in [2.45, 2.75) is 25.2 Å². The molecule has 1 aliphatic carbocycles. The van der Waals surface area contributed by atoms with E-state index in [1.807, 2.05) is 0 Å². The molecule has 0 spiro atoms. The molecule has 3 N–H and O–H groups in total. The zero-order valence-corrected chi connectivity index (χ0v) is 15.1. The van der Waals surface area contributed by atoms with Crippen molar-refractivity contribution in [1.82, 2.24) is 40.3 Å². The number of nitrogens with one attached hydrogen (secondary N) is 1.